The van der Waals surface area contributed by atoms with Crippen LogP contribution >= 0.6 is 23.1 Å². The highest BCUT2D eigenvalue weighted by atomic mass is 32.2. The van der Waals surface area contributed by atoms with Crippen molar-refractivity contribution in [3.8, 4) is 10.4 Å². The van der Waals surface area contributed by atoms with E-state index >= 15 is 0 Å². The quantitative estimate of drug-likeness (QED) is 0.0101. The number of benzene rings is 4. The van der Waals surface area contributed by atoms with Gasteiger partial charge in [-0.3, -0.25) is 38.6 Å². The van der Waals surface area contributed by atoms with E-state index in [4.69, 9.17) is 0 Å². The number of likely N-dealkylation sites (tertiary alicyclic amines) is 1. The van der Waals surface area contributed by atoms with Crippen LogP contribution in [0.15, 0.2) is 128 Å². The number of anilines is 2. The molecule has 5 aromatic rings. The summed E-state index contributed by atoms with van der Waals surface area (Å²) in [5.74, 6) is -3.48. The van der Waals surface area contributed by atoms with E-state index in [1.807, 2.05) is 54.1 Å². The molecule has 3 saturated heterocycles. The van der Waals surface area contributed by atoms with Gasteiger partial charge in [-0.2, -0.15) is 13.2 Å². The third-order valence-corrected chi connectivity index (χ3v) is 28.6. The first kappa shape index (κ1) is 84.8. The first-order chi connectivity index (χ1) is 53.3. The van der Waals surface area contributed by atoms with Gasteiger partial charge in [0.2, 0.25) is 30.1 Å². The molecule has 1 aromatic heterocycles. The van der Waals surface area contributed by atoms with Crippen LogP contribution in [0.25, 0.3) is 10.4 Å². The molecule has 8 aliphatic rings. The second kappa shape index (κ2) is 34.3. The molecule has 4 heterocycles. The lowest BCUT2D eigenvalue weighted by Crippen LogP contribution is -2.66. The number of aromatic nitrogens is 1. The number of nitrogens with one attached hydrogen (secondary N) is 5. The molecule has 3 aliphatic heterocycles. The highest BCUT2D eigenvalue weighted by Gasteiger charge is 2.73. The van der Waals surface area contributed by atoms with Crippen LogP contribution in [-0.2, 0) is 43.8 Å². The second-order valence-corrected chi connectivity index (χ2v) is 39.2. The van der Waals surface area contributed by atoms with E-state index in [1.165, 1.54) is 51.3 Å². The summed E-state index contributed by atoms with van der Waals surface area (Å²) in [4.78, 5) is 95.9. The smallest absolute Gasteiger partial charge is 0.391 e. The van der Waals surface area contributed by atoms with Crippen molar-refractivity contribution in [2.45, 2.75) is 200 Å². The number of hydrogen-bond acceptors (Lipinski definition) is 18. The fourth-order valence-corrected chi connectivity index (χ4v) is 20.5. The van der Waals surface area contributed by atoms with Crippen LogP contribution in [0.4, 0.5) is 37.7 Å². The molecule has 6 amide bonds. The molecule has 4 aromatic carbocycles. The van der Waals surface area contributed by atoms with E-state index in [1.54, 1.807) is 55.4 Å². The number of carbonyl (C=O) groups is 6. The Bertz CT molecular complexity index is 4550. The topological polar surface area (TPSA) is 280 Å². The van der Waals surface area contributed by atoms with Crippen molar-refractivity contribution in [3.05, 3.63) is 131 Å². The molecule has 0 spiro atoms. The molecular weight excluding hydrogens is 1550 g/mol. The average Bonchev–Trinajstić information content (AvgIpc) is 1.32. The summed E-state index contributed by atoms with van der Waals surface area (Å²) < 4.78 is 143. The normalized spacial score (nSPS) is 22.7. The molecule has 7 fully saturated rings. The number of aliphatic hydroxyl groups excluding tert-OH is 1. The molecule has 22 nitrogen and oxygen atoms in total. The number of amides is 6. The molecule has 6 N–H and O–H groups in total. The lowest BCUT2D eigenvalue weighted by Gasteiger charge is -2.72. The number of sulfone groups is 1. The summed E-state index contributed by atoms with van der Waals surface area (Å²) in [6.45, 7) is 17.2. The summed E-state index contributed by atoms with van der Waals surface area (Å²) in [6, 6.07) is 21.0. The molecular formula is C81H103F6N11O11S4. The molecule has 2 unspecified atom stereocenters. The number of nitrogens with zero attached hydrogens (tertiary/aromatic N) is 6. The number of rotatable bonds is 32. The van der Waals surface area contributed by atoms with Gasteiger partial charge in [-0.1, -0.05) is 94.7 Å². The van der Waals surface area contributed by atoms with Crippen molar-refractivity contribution in [2.24, 2.45) is 21.7 Å². The highest BCUT2D eigenvalue weighted by Crippen LogP contribution is 2.79. The van der Waals surface area contributed by atoms with Crippen LogP contribution in [0.1, 0.15) is 159 Å². The summed E-state index contributed by atoms with van der Waals surface area (Å²) in [5, 5.41) is 22.3. The molecule has 13 rings (SSSR count). The average molecular weight is 1650 g/mol. The summed E-state index contributed by atoms with van der Waals surface area (Å²) in [7, 11) is -11.2. The van der Waals surface area contributed by atoms with E-state index in [-0.39, 0.29) is 85.6 Å². The van der Waals surface area contributed by atoms with E-state index in [0.717, 1.165) is 77.7 Å². The Hall–Kier alpha value is -7.62. The lowest BCUT2D eigenvalue weighted by atomic mass is 9.32. The number of allylic oxidation sites excluding steroid dienone is 1. The first-order valence-electron chi connectivity index (χ1n) is 38.9. The Morgan fingerprint density at radius 1 is 0.796 bits per heavy atom. The van der Waals surface area contributed by atoms with Gasteiger partial charge in [0, 0.05) is 125 Å². The number of aryl methyl sites for hydroxylation is 1. The molecule has 32 heteroatoms. The minimum absolute atomic E-state index is 0.0377. The zero-order chi connectivity index (χ0) is 81.2. The van der Waals surface area contributed by atoms with Crippen LogP contribution in [0.2, 0.25) is 0 Å². The number of sulfonamides is 1. The van der Waals surface area contributed by atoms with Crippen LogP contribution in [0, 0.1) is 28.6 Å². The molecule has 2 bridgehead atoms. The number of hydrogen-bond donors (Lipinski definition) is 6. The largest absolute Gasteiger partial charge is 0.501 e. The number of alkyl halides is 6. The van der Waals surface area contributed by atoms with Gasteiger partial charge >= 0.3 is 5.51 Å². The monoisotopic (exact) mass is 1650 g/mol. The lowest BCUT2D eigenvalue weighted by molar-refractivity contribution is -0.250. The summed E-state index contributed by atoms with van der Waals surface area (Å²) in [6.07, 6.45) is 3.20. The Kier molecular flexibility index (Phi) is 25.7. The fourth-order valence-electron chi connectivity index (χ4n) is 16.7. The zero-order valence-electron chi connectivity index (χ0n) is 64.7. The number of piperazine rings is 2. The van der Waals surface area contributed by atoms with Gasteiger partial charge in [0.1, 0.15) is 17.0 Å². The van der Waals surface area contributed by atoms with Crippen molar-refractivity contribution < 1.29 is 77.1 Å². The first-order valence-corrected chi connectivity index (χ1v) is 43.8. The second-order valence-electron chi connectivity index (χ2n) is 33.7. The number of β-amino-alcohol motifs (C(OH)–C–C–N with tert-alkyl or cyclic N) is 1. The predicted octanol–water partition coefficient (Wildman–Crippen LogP) is 11.6. The van der Waals surface area contributed by atoms with Gasteiger partial charge in [-0.25, -0.2) is 39.7 Å². The third kappa shape index (κ3) is 19.9. The molecule has 614 valence electrons. The number of unbranched alkanes of at least 4 members (excludes halogenated alkanes) is 2. The number of aliphatic hydroxyl groups is 1. The minimum Gasteiger partial charge on any atom is -0.391 e. The van der Waals surface area contributed by atoms with E-state index in [9.17, 15) is 77.1 Å². The maximum atomic E-state index is 14.9. The SMILES string of the molecule is Cc1ncsc1-c1ccc([C@H](CC(=O)NCCCCCC(=O)N2CCN(CCC(CSc3ccccc3)Nc3ccc(S(=O)(=O)NC(=O)c4ccc(N5CCN(CC6=C(C78CC(C(F)F)(C7)C8)CC(C)(C)CC6)CC5)cc4)cc3S(=O)(=O)C(F)(F)F)CC2)NC(=O)[C@@H]2C[C@@H](O)CN2C(=O)C(NC(=O)C2(F)CC2)C(C)(C)C)cc1. The van der Waals surface area contributed by atoms with Crippen LogP contribution in [0.5, 0.6) is 0 Å². The van der Waals surface area contributed by atoms with Gasteiger partial charge in [0.25, 0.3) is 31.7 Å². The van der Waals surface area contributed by atoms with E-state index in [2.05, 4.69) is 54.8 Å². The van der Waals surface area contributed by atoms with Crippen molar-refractivity contribution in [1.29, 1.82) is 0 Å². The number of thiazole rings is 1. The molecule has 0 radical (unpaired) electrons. The fraction of sp³-hybridized carbons (Fsp3) is 0.568. The molecule has 5 aliphatic carbocycles. The zero-order valence-corrected chi connectivity index (χ0v) is 68.0. The predicted molar refractivity (Wildman–Crippen MR) is 421 cm³/mol. The molecule has 5 atom stereocenters. The Balaban J connectivity index is 0.612. The van der Waals surface area contributed by atoms with Gasteiger partial charge in [-0.15, -0.1) is 23.1 Å². The van der Waals surface area contributed by atoms with Gasteiger partial charge in [0.05, 0.1) is 45.2 Å². The van der Waals surface area contributed by atoms with Gasteiger partial charge in [0.15, 0.2) is 5.67 Å². The van der Waals surface area contributed by atoms with Crippen LogP contribution in [0.3, 0.4) is 0 Å². The Labute approximate surface area is 665 Å². The van der Waals surface area contributed by atoms with Crippen molar-refractivity contribution in [3.63, 3.8) is 0 Å². The van der Waals surface area contributed by atoms with Crippen molar-refractivity contribution >= 4 is 89.8 Å². The summed E-state index contributed by atoms with van der Waals surface area (Å²) >= 11 is 2.84. The maximum absolute atomic E-state index is 14.9. The number of halogens is 6. The number of carbonyl (C=O) groups excluding carboxylic acids is 6. The third-order valence-electron chi connectivity index (χ3n) is 23.6. The maximum Gasteiger partial charge on any atom is 0.501 e. The Morgan fingerprint density at radius 2 is 1.47 bits per heavy atom. The number of thioether (sulfide) groups is 1. The van der Waals surface area contributed by atoms with E-state index in [0.29, 0.717) is 96.0 Å². The van der Waals surface area contributed by atoms with Crippen molar-refractivity contribution in [1.82, 2.24) is 45.3 Å². The minimum atomic E-state index is -6.21. The highest BCUT2D eigenvalue weighted by molar-refractivity contribution is 7.99. The molecule has 4 saturated carbocycles. The standard InChI is InChI=1S/C81H103F6N11O11S4/c1-52-69(111-51-89-52)54-18-16-53(17-19-54)64(91-72(103)65-41-59(99)46-98(65)73(104)70(76(2,3)4)92-75(105)80(84)29-30-80)43-67(100)88-31-12-8-11-15-68(101)97-39-33-94(34-40-97)32-27-57(47-110-60-13-9-7-10-14-60)90-63-25-24-61(42-66(63)112(106,107)81(85,86)87)113(108,109)93-71(102)55-20-22-58(23-21-55)96-37-35-95(36-38-96)45-56-26-28-77(5,6)44-62(56)78-48-79(49-78,50-78)74(82)83/h7,9-10,13-14,16-25,42,51,57,59,64-65,70,74,90,99H,8,11-12,15,26-41,43-50H2,1-6H3,(H,88,100)(H,91,103)(H,92,105)(H,93,102)/t57?,59-,64+,65+,70?,78?,79?/m1/s1. The van der Waals surface area contributed by atoms with Gasteiger partial charge < -0.3 is 41.1 Å². The van der Waals surface area contributed by atoms with Crippen molar-refractivity contribution in [2.75, 3.05) is 94.5 Å². The van der Waals surface area contributed by atoms with Gasteiger partial charge in [-0.05, 0) is 160 Å². The summed E-state index contributed by atoms with van der Waals surface area (Å²) in [5.41, 5.74) is -2.54. The van der Waals surface area contributed by atoms with Crippen LogP contribution in [-0.4, -0.2) is 208 Å². The Morgan fingerprint density at radius 3 is 2.10 bits per heavy atom. The molecule has 113 heavy (non-hydrogen) atoms. The van der Waals surface area contributed by atoms with E-state index < -0.39 is 118 Å². The van der Waals surface area contributed by atoms with Crippen LogP contribution < -0.4 is 30.9 Å².